The van der Waals surface area contributed by atoms with Crippen LogP contribution >= 0.6 is 0 Å². The molecule has 0 aliphatic heterocycles. The zero-order valence-corrected chi connectivity index (χ0v) is 6.73. The first-order valence-electron chi connectivity index (χ1n) is 2.92. The number of aliphatic hydroxyl groups is 1. The lowest BCUT2D eigenvalue weighted by Gasteiger charge is -1.98. The van der Waals surface area contributed by atoms with Gasteiger partial charge in [0.2, 0.25) is 0 Å². The molecule has 0 rings (SSSR count). The molecule has 1 atom stereocenters. The summed E-state index contributed by atoms with van der Waals surface area (Å²) in [6.45, 7) is 0.144. The van der Waals surface area contributed by atoms with Crippen molar-refractivity contribution in [2.45, 2.75) is 6.42 Å². The van der Waals surface area contributed by atoms with Crippen molar-refractivity contribution in [3.63, 3.8) is 0 Å². The molecule has 0 fully saturated rings. The number of ether oxygens (including phenoxy) is 1. The van der Waals surface area contributed by atoms with E-state index in [1.54, 1.807) is 0 Å². The molecule has 0 aliphatic carbocycles. The Bertz CT molecular complexity index is 95.6. The summed E-state index contributed by atoms with van der Waals surface area (Å²) < 4.78 is 19.6. The minimum atomic E-state index is -1.19. The molecule has 0 saturated heterocycles. The average molecular weight is 168 g/mol. The van der Waals surface area contributed by atoms with E-state index in [2.05, 4.69) is 8.92 Å². The molecule has 1 N–H and O–H groups in total. The molecular weight excluding hydrogens is 156 g/mol. The monoisotopic (exact) mass is 168 g/mol. The molecule has 0 aromatic heterocycles. The predicted molar refractivity (Wildman–Crippen MR) is 37.7 cm³/mol. The van der Waals surface area contributed by atoms with Gasteiger partial charge in [0.25, 0.3) is 0 Å². The van der Waals surface area contributed by atoms with Crippen molar-refractivity contribution in [2.75, 3.05) is 26.3 Å². The van der Waals surface area contributed by atoms with Crippen LogP contribution in [0.1, 0.15) is 6.42 Å². The van der Waals surface area contributed by atoms with Gasteiger partial charge in [-0.05, 0) is 6.42 Å². The standard InChI is InChI=1S/C5H12O4S/c1-8-10(7)4-2-3-9-5-6/h6H,2-5H2,1H3. The van der Waals surface area contributed by atoms with Crippen molar-refractivity contribution in [1.82, 2.24) is 0 Å². The van der Waals surface area contributed by atoms with E-state index >= 15 is 0 Å². The van der Waals surface area contributed by atoms with Crippen molar-refractivity contribution in [1.29, 1.82) is 0 Å². The van der Waals surface area contributed by atoms with Crippen LogP contribution in [0.5, 0.6) is 0 Å². The summed E-state index contributed by atoms with van der Waals surface area (Å²) in [5.41, 5.74) is 0. The van der Waals surface area contributed by atoms with E-state index in [1.165, 1.54) is 7.11 Å². The number of hydrogen-bond acceptors (Lipinski definition) is 4. The maximum atomic E-state index is 10.5. The zero-order valence-electron chi connectivity index (χ0n) is 5.91. The summed E-state index contributed by atoms with van der Waals surface area (Å²) in [5, 5.41) is 8.16. The SMILES string of the molecule is COS(=O)CCCOCO. The third-order valence-corrected chi connectivity index (χ3v) is 1.87. The highest BCUT2D eigenvalue weighted by Crippen LogP contribution is 1.88. The van der Waals surface area contributed by atoms with Crippen LogP contribution in [-0.4, -0.2) is 35.6 Å². The molecule has 0 radical (unpaired) electrons. The van der Waals surface area contributed by atoms with E-state index in [0.29, 0.717) is 18.8 Å². The van der Waals surface area contributed by atoms with Crippen LogP contribution in [0.2, 0.25) is 0 Å². The average Bonchev–Trinajstić information content (AvgIpc) is 1.98. The fraction of sp³-hybridized carbons (Fsp3) is 1.00. The lowest BCUT2D eigenvalue weighted by molar-refractivity contribution is -0.000687. The van der Waals surface area contributed by atoms with E-state index in [4.69, 9.17) is 5.11 Å². The highest BCUT2D eigenvalue weighted by Gasteiger charge is 1.95. The van der Waals surface area contributed by atoms with E-state index in [9.17, 15) is 4.21 Å². The van der Waals surface area contributed by atoms with Crippen molar-refractivity contribution in [3.8, 4) is 0 Å². The van der Waals surface area contributed by atoms with Crippen molar-refractivity contribution < 1.29 is 18.2 Å². The van der Waals surface area contributed by atoms with Crippen LogP contribution in [0.15, 0.2) is 0 Å². The Labute approximate surface area is 62.8 Å². The Hall–Kier alpha value is 0.0300. The number of rotatable bonds is 6. The quantitative estimate of drug-likeness (QED) is 0.435. The Morgan fingerprint density at radius 3 is 2.80 bits per heavy atom. The molecule has 5 heteroatoms. The van der Waals surface area contributed by atoms with Gasteiger partial charge >= 0.3 is 0 Å². The van der Waals surface area contributed by atoms with Gasteiger partial charge in [-0.15, -0.1) is 0 Å². The molecule has 0 aromatic carbocycles. The van der Waals surface area contributed by atoms with Crippen LogP contribution in [-0.2, 0) is 20.0 Å². The van der Waals surface area contributed by atoms with Crippen molar-refractivity contribution in [3.05, 3.63) is 0 Å². The summed E-state index contributed by atoms with van der Waals surface area (Å²) in [4.78, 5) is 0. The first-order valence-corrected chi connectivity index (χ1v) is 4.17. The highest BCUT2D eigenvalue weighted by molar-refractivity contribution is 7.80. The molecule has 4 nitrogen and oxygen atoms in total. The molecule has 62 valence electrons. The van der Waals surface area contributed by atoms with Crippen LogP contribution in [0.4, 0.5) is 0 Å². The van der Waals surface area contributed by atoms with Gasteiger partial charge in [-0.2, -0.15) is 0 Å². The van der Waals surface area contributed by atoms with Gasteiger partial charge in [-0.3, -0.25) is 4.18 Å². The molecule has 10 heavy (non-hydrogen) atoms. The summed E-state index contributed by atoms with van der Waals surface area (Å²) in [6.07, 6.45) is 0.640. The third-order valence-electron chi connectivity index (χ3n) is 0.877. The van der Waals surface area contributed by atoms with Crippen LogP contribution in [0.3, 0.4) is 0 Å². The summed E-state index contributed by atoms with van der Waals surface area (Å²) in [6, 6.07) is 0. The van der Waals surface area contributed by atoms with E-state index in [0.717, 1.165) is 0 Å². The Balaban J connectivity index is 2.96. The number of hydrogen-bond donors (Lipinski definition) is 1. The van der Waals surface area contributed by atoms with Gasteiger partial charge in [0.05, 0.1) is 19.5 Å². The lowest BCUT2D eigenvalue weighted by Crippen LogP contribution is -2.03. The first kappa shape index (κ1) is 10.0. The van der Waals surface area contributed by atoms with E-state index in [1.807, 2.05) is 0 Å². The second-order valence-electron chi connectivity index (χ2n) is 1.57. The molecule has 0 amide bonds. The smallest absolute Gasteiger partial charge is 0.155 e. The molecule has 0 aliphatic rings. The van der Waals surface area contributed by atoms with Crippen LogP contribution in [0.25, 0.3) is 0 Å². The number of aliphatic hydroxyl groups excluding tert-OH is 1. The van der Waals surface area contributed by atoms with Crippen LogP contribution < -0.4 is 0 Å². The topological polar surface area (TPSA) is 55.8 Å². The van der Waals surface area contributed by atoms with Gasteiger partial charge < -0.3 is 9.84 Å². The molecular formula is C5H12O4S. The zero-order chi connectivity index (χ0) is 7.82. The Morgan fingerprint density at radius 1 is 1.60 bits per heavy atom. The normalized spacial score (nSPS) is 13.4. The first-order chi connectivity index (χ1) is 4.81. The van der Waals surface area contributed by atoms with E-state index < -0.39 is 11.1 Å². The predicted octanol–water partition coefficient (Wildman–Crippen LogP) is -0.347. The second kappa shape index (κ2) is 7.14. The summed E-state index contributed by atoms with van der Waals surface area (Å²) >= 11 is -1.19. The van der Waals surface area contributed by atoms with Crippen molar-refractivity contribution >= 4 is 11.1 Å². The maximum Gasteiger partial charge on any atom is 0.155 e. The largest absolute Gasteiger partial charge is 0.371 e. The third kappa shape index (κ3) is 6.15. The van der Waals surface area contributed by atoms with Gasteiger partial charge in [0, 0.05) is 0 Å². The van der Waals surface area contributed by atoms with E-state index in [-0.39, 0.29) is 6.79 Å². The van der Waals surface area contributed by atoms with Gasteiger partial charge in [0.1, 0.15) is 6.79 Å². The second-order valence-corrected chi connectivity index (χ2v) is 2.91. The molecule has 1 unspecified atom stereocenters. The maximum absolute atomic E-state index is 10.5. The van der Waals surface area contributed by atoms with Crippen molar-refractivity contribution in [2.24, 2.45) is 0 Å². The van der Waals surface area contributed by atoms with Gasteiger partial charge in [-0.1, -0.05) is 0 Å². The molecule has 0 heterocycles. The minimum Gasteiger partial charge on any atom is -0.371 e. The fourth-order valence-corrected chi connectivity index (χ4v) is 0.947. The summed E-state index contributed by atoms with van der Waals surface area (Å²) in [5.74, 6) is 0.455. The summed E-state index contributed by atoms with van der Waals surface area (Å²) in [7, 11) is 1.39. The fourth-order valence-electron chi connectivity index (χ4n) is 0.427. The highest BCUT2D eigenvalue weighted by atomic mass is 32.2. The van der Waals surface area contributed by atoms with Gasteiger partial charge in [0.15, 0.2) is 11.1 Å². The molecule has 0 aromatic rings. The Kier molecular flexibility index (Phi) is 7.16. The molecule has 0 spiro atoms. The minimum absolute atomic E-state index is 0.278. The Morgan fingerprint density at radius 2 is 2.30 bits per heavy atom. The lowest BCUT2D eigenvalue weighted by atomic mass is 10.5. The van der Waals surface area contributed by atoms with Crippen LogP contribution in [0, 0.1) is 0 Å². The van der Waals surface area contributed by atoms with Gasteiger partial charge in [-0.25, -0.2) is 4.21 Å². The molecule has 0 bridgehead atoms. The molecule has 0 saturated carbocycles.